The highest BCUT2D eigenvalue weighted by Crippen LogP contribution is 2.41. The number of methoxy groups -OCH3 is 1. The van der Waals surface area contributed by atoms with E-state index >= 15 is 0 Å². The lowest BCUT2D eigenvalue weighted by atomic mass is 9.83. The second kappa shape index (κ2) is 9.38. The summed E-state index contributed by atoms with van der Waals surface area (Å²) >= 11 is 0. The van der Waals surface area contributed by atoms with Crippen molar-refractivity contribution in [2.24, 2.45) is 0 Å². The number of fused-ring (bicyclic) bond motifs is 1. The third-order valence-corrected chi connectivity index (χ3v) is 5.85. The van der Waals surface area contributed by atoms with Crippen LogP contribution in [-0.4, -0.2) is 38.3 Å². The molecule has 0 atom stereocenters. The zero-order chi connectivity index (χ0) is 24.4. The van der Waals surface area contributed by atoms with Crippen molar-refractivity contribution in [1.29, 1.82) is 0 Å². The minimum Gasteiger partial charge on any atom is -0.496 e. The molecular formula is C25H29N3O4S. The lowest BCUT2D eigenvalue weighted by Gasteiger charge is -2.24. The van der Waals surface area contributed by atoms with Gasteiger partial charge in [-0.15, -0.1) is 0 Å². The number of hydrogen-bond donors (Lipinski definition) is 2. The SMILES string of the molecule is COc1c(C(C)(C)C)cc(-c2ccc(C)[nH]c2=O)c2ncc(C#CCCNS(C)(=O)=O)cc12. The maximum absolute atomic E-state index is 12.8. The van der Waals surface area contributed by atoms with E-state index in [2.05, 4.69) is 47.3 Å². The standard InChI is InChI=1S/C25H29N3O4S/c1-16-10-11-18(24(29)28-16)19-14-21(25(2,3)4)23(32-5)20-13-17(15-26-22(19)20)9-7-8-12-27-33(6,30)31/h10-11,13-15,27H,8,12H2,1-6H3,(H,28,29). The molecule has 174 valence electrons. The normalized spacial score (nSPS) is 11.8. The zero-order valence-corrected chi connectivity index (χ0v) is 20.6. The molecule has 0 aliphatic heterocycles. The van der Waals surface area contributed by atoms with Gasteiger partial charge in [-0.1, -0.05) is 32.6 Å². The van der Waals surface area contributed by atoms with E-state index in [1.165, 1.54) is 0 Å². The number of hydrogen-bond acceptors (Lipinski definition) is 5. The molecule has 1 aromatic carbocycles. The summed E-state index contributed by atoms with van der Waals surface area (Å²) in [5.74, 6) is 6.70. The van der Waals surface area contributed by atoms with Crippen LogP contribution in [0.4, 0.5) is 0 Å². The van der Waals surface area contributed by atoms with Crippen LogP contribution in [0.3, 0.4) is 0 Å². The van der Waals surface area contributed by atoms with Crippen molar-refractivity contribution in [3.63, 3.8) is 0 Å². The van der Waals surface area contributed by atoms with Gasteiger partial charge in [-0.2, -0.15) is 0 Å². The number of rotatable bonds is 5. The van der Waals surface area contributed by atoms with Crippen LogP contribution < -0.4 is 15.0 Å². The first-order chi connectivity index (χ1) is 15.4. The first kappa shape index (κ1) is 24.5. The molecule has 0 fully saturated rings. The molecular weight excluding hydrogens is 438 g/mol. The van der Waals surface area contributed by atoms with Gasteiger partial charge in [0.05, 0.1) is 18.9 Å². The van der Waals surface area contributed by atoms with Gasteiger partial charge in [-0.05, 0) is 36.6 Å². The van der Waals surface area contributed by atoms with Crippen molar-refractivity contribution < 1.29 is 13.2 Å². The van der Waals surface area contributed by atoms with E-state index in [4.69, 9.17) is 4.74 Å². The Labute approximate surface area is 194 Å². The van der Waals surface area contributed by atoms with Crippen LogP contribution >= 0.6 is 0 Å². The van der Waals surface area contributed by atoms with Gasteiger partial charge in [0.25, 0.3) is 5.56 Å². The summed E-state index contributed by atoms with van der Waals surface area (Å²) in [5.41, 5.74) is 3.92. The van der Waals surface area contributed by atoms with Crippen molar-refractivity contribution in [2.75, 3.05) is 19.9 Å². The molecule has 0 radical (unpaired) electrons. The Bertz CT molecular complexity index is 1420. The van der Waals surface area contributed by atoms with Crippen LogP contribution in [-0.2, 0) is 15.4 Å². The molecule has 0 spiro atoms. The molecule has 2 aromatic heterocycles. The molecule has 2 N–H and O–H groups in total. The van der Waals surface area contributed by atoms with Crippen molar-refractivity contribution in [3.05, 3.63) is 57.6 Å². The highest BCUT2D eigenvalue weighted by Gasteiger charge is 2.24. The molecule has 3 aromatic rings. The van der Waals surface area contributed by atoms with Gasteiger partial charge in [0.1, 0.15) is 5.75 Å². The Morgan fingerprint density at radius 3 is 2.52 bits per heavy atom. The smallest absolute Gasteiger partial charge is 0.256 e. The quantitative estimate of drug-likeness (QED) is 0.442. The van der Waals surface area contributed by atoms with Crippen LogP contribution in [0.2, 0.25) is 0 Å². The van der Waals surface area contributed by atoms with Crippen LogP contribution in [0.1, 0.15) is 44.0 Å². The molecule has 8 heteroatoms. The van der Waals surface area contributed by atoms with Crippen molar-refractivity contribution in [3.8, 4) is 28.7 Å². The first-order valence-electron chi connectivity index (χ1n) is 10.6. The lowest BCUT2D eigenvalue weighted by molar-refractivity contribution is 0.402. The third kappa shape index (κ3) is 5.81. The number of sulfonamides is 1. The summed E-state index contributed by atoms with van der Waals surface area (Å²) in [6.07, 6.45) is 3.14. The monoisotopic (exact) mass is 467 g/mol. The lowest BCUT2D eigenvalue weighted by Crippen LogP contribution is -2.22. The number of pyridine rings is 2. The summed E-state index contributed by atoms with van der Waals surface area (Å²) in [6, 6.07) is 7.57. The number of H-pyrrole nitrogens is 1. The summed E-state index contributed by atoms with van der Waals surface area (Å²) < 4.78 is 30.6. The molecule has 0 saturated carbocycles. The number of aromatic nitrogens is 2. The Kier molecular flexibility index (Phi) is 6.96. The number of benzene rings is 1. The number of nitrogens with one attached hydrogen (secondary N) is 2. The van der Waals surface area contributed by atoms with E-state index in [0.717, 1.165) is 28.5 Å². The highest BCUT2D eigenvalue weighted by molar-refractivity contribution is 7.88. The van der Waals surface area contributed by atoms with Gasteiger partial charge < -0.3 is 9.72 Å². The van der Waals surface area contributed by atoms with E-state index < -0.39 is 10.0 Å². The van der Waals surface area contributed by atoms with Crippen LogP contribution in [0.5, 0.6) is 5.75 Å². The van der Waals surface area contributed by atoms with Crippen LogP contribution in [0.15, 0.2) is 35.3 Å². The number of aromatic amines is 1. The van der Waals surface area contributed by atoms with E-state index in [0.29, 0.717) is 28.8 Å². The minimum atomic E-state index is -3.24. The van der Waals surface area contributed by atoms with Gasteiger partial charge in [0.15, 0.2) is 0 Å². The summed E-state index contributed by atoms with van der Waals surface area (Å²) in [5, 5.41) is 0.765. The highest BCUT2D eigenvalue weighted by atomic mass is 32.2. The second-order valence-electron chi connectivity index (χ2n) is 8.98. The van der Waals surface area contributed by atoms with Crippen molar-refractivity contribution in [2.45, 2.75) is 39.5 Å². The van der Waals surface area contributed by atoms with Gasteiger partial charge in [-0.3, -0.25) is 9.78 Å². The molecule has 0 bridgehead atoms. The average Bonchev–Trinajstić information content (AvgIpc) is 2.71. The van der Waals surface area contributed by atoms with E-state index in [1.807, 2.05) is 31.2 Å². The Balaban J connectivity index is 2.18. The molecule has 7 nitrogen and oxygen atoms in total. The Hall–Kier alpha value is -3.15. The maximum Gasteiger partial charge on any atom is 0.256 e. The molecule has 0 aliphatic carbocycles. The third-order valence-electron chi connectivity index (χ3n) is 5.13. The summed E-state index contributed by atoms with van der Waals surface area (Å²) in [7, 11) is -1.62. The molecule has 2 heterocycles. The van der Waals surface area contributed by atoms with Gasteiger partial charge in [-0.25, -0.2) is 13.1 Å². The topological polar surface area (TPSA) is 101 Å². The molecule has 0 aliphatic rings. The second-order valence-corrected chi connectivity index (χ2v) is 10.8. The first-order valence-corrected chi connectivity index (χ1v) is 12.4. The van der Waals surface area contributed by atoms with E-state index in [-0.39, 0.29) is 17.5 Å². The number of nitrogens with zero attached hydrogens (tertiary/aromatic N) is 1. The molecule has 3 rings (SSSR count). The van der Waals surface area contributed by atoms with Gasteiger partial charge in [0, 0.05) is 52.5 Å². The van der Waals surface area contributed by atoms with E-state index in [9.17, 15) is 13.2 Å². The predicted molar refractivity (Wildman–Crippen MR) is 132 cm³/mol. The summed E-state index contributed by atoms with van der Waals surface area (Å²) in [6.45, 7) is 8.35. The van der Waals surface area contributed by atoms with Gasteiger partial charge >= 0.3 is 0 Å². The number of ether oxygens (including phenoxy) is 1. The fourth-order valence-corrected chi connectivity index (χ4v) is 4.05. The molecule has 0 unspecified atom stereocenters. The number of aryl methyl sites for hydroxylation is 1. The van der Waals surface area contributed by atoms with Crippen molar-refractivity contribution in [1.82, 2.24) is 14.7 Å². The van der Waals surface area contributed by atoms with Gasteiger partial charge in [0.2, 0.25) is 10.0 Å². The predicted octanol–water partition coefficient (Wildman–Crippen LogP) is 3.50. The van der Waals surface area contributed by atoms with Crippen LogP contribution in [0, 0.1) is 18.8 Å². The molecule has 0 amide bonds. The van der Waals surface area contributed by atoms with Crippen molar-refractivity contribution >= 4 is 20.9 Å². The fourth-order valence-electron chi connectivity index (χ4n) is 3.57. The fraction of sp³-hybridized carbons (Fsp3) is 0.360. The summed E-state index contributed by atoms with van der Waals surface area (Å²) in [4.78, 5) is 20.3. The maximum atomic E-state index is 12.8. The minimum absolute atomic E-state index is 0.176. The average molecular weight is 468 g/mol. The largest absolute Gasteiger partial charge is 0.496 e. The Morgan fingerprint density at radius 2 is 1.91 bits per heavy atom. The molecule has 0 saturated heterocycles. The van der Waals surface area contributed by atoms with Crippen LogP contribution in [0.25, 0.3) is 22.0 Å². The molecule has 33 heavy (non-hydrogen) atoms. The van der Waals surface area contributed by atoms with E-state index in [1.54, 1.807) is 13.3 Å². The zero-order valence-electron chi connectivity index (χ0n) is 19.8. The Morgan fingerprint density at radius 1 is 1.18 bits per heavy atom.